The van der Waals surface area contributed by atoms with Crippen LogP contribution >= 0.6 is 23.1 Å². The highest BCUT2D eigenvalue weighted by atomic mass is 32.2. The average molecular weight is 463 g/mol. The molecule has 0 bridgehead atoms. The molecule has 0 saturated carbocycles. The number of alkyl halides is 3. The number of aromatic carboxylic acids is 1. The van der Waals surface area contributed by atoms with Crippen LogP contribution in [0.4, 0.5) is 17.6 Å². The van der Waals surface area contributed by atoms with Crippen LogP contribution in [0.3, 0.4) is 0 Å². The molecule has 2 atom stereocenters. The summed E-state index contributed by atoms with van der Waals surface area (Å²) in [5, 5.41) is 10.3. The molecule has 1 aromatic carbocycles. The molecular weight excluding hydrogens is 446 g/mol. The van der Waals surface area contributed by atoms with Gasteiger partial charge in [-0.15, -0.1) is 11.3 Å². The monoisotopic (exact) mass is 463 g/mol. The van der Waals surface area contributed by atoms with Gasteiger partial charge < -0.3 is 15.7 Å². The molecule has 3 rings (SSSR count). The van der Waals surface area contributed by atoms with Gasteiger partial charge in [-0.05, 0) is 24.1 Å². The molecule has 1 aliphatic heterocycles. The highest BCUT2D eigenvalue weighted by Crippen LogP contribution is 2.35. The third-order valence-corrected chi connectivity index (χ3v) is 6.73. The number of amides is 1. The smallest absolute Gasteiger partial charge is 0.419 e. The van der Waals surface area contributed by atoms with Crippen LogP contribution in [-0.4, -0.2) is 45.2 Å². The number of nitrogens with zero attached hydrogens (tertiary/aromatic N) is 2. The number of aromatic nitrogens is 1. The molecule has 2 aromatic rings. The average Bonchev–Trinajstić information content (AvgIpc) is 3.28. The van der Waals surface area contributed by atoms with Crippen molar-refractivity contribution in [2.45, 2.75) is 35.4 Å². The first kappa shape index (κ1) is 22.5. The van der Waals surface area contributed by atoms with Crippen molar-refractivity contribution in [3.63, 3.8) is 0 Å². The molecule has 12 heteroatoms. The Hall–Kier alpha value is -2.18. The number of likely N-dealkylation sites (tertiary alicyclic amines) is 1. The zero-order valence-corrected chi connectivity index (χ0v) is 17.0. The van der Waals surface area contributed by atoms with Gasteiger partial charge in [-0.25, -0.2) is 14.2 Å². The molecule has 2 heterocycles. The number of benzene rings is 1. The Morgan fingerprint density at radius 1 is 1.43 bits per heavy atom. The van der Waals surface area contributed by atoms with Crippen molar-refractivity contribution < 1.29 is 32.3 Å². The third-order valence-electron chi connectivity index (χ3n) is 4.73. The molecule has 1 aromatic heterocycles. The van der Waals surface area contributed by atoms with E-state index in [-0.39, 0.29) is 30.1 Å². The van der Waals surface area contributed by atoms with Crippen LogP contribution < -0.4 is 5.73 Å². The van der Waals surface area contributed by atoms with Gasteiger partial charge in [-0.1, -0.05) is 17.8 Å². The van der Waals surface area contributed by atoms with Crippen molar-refractivity contribution in [2.75, 3.05) is 12.3 Å². The first-order valence-corrected chi connectivity index (χ1v) is 10.7. The van der Waals surface area contributed by atoms with Gasteiger partial charge in [0.1, 0.15) is 5.82 Å². The Morgan fingerprint density at radius 3 is 2.80 bits per heavy atom. The summed E-state index contributed by atoms with van der Waals surface area (Å²) in [5.74, 6) is -2.26. The topological polar surface area (TPSA) is 96.5 Å². The largest absolute Gasteiger partial charge is 0.476 e. The van der Waals surface area contributed by atoms with E-state index in [1.807, 2.05) is 0 Å². The van der Waals surface area contributed by atoms with Crippen LogP contribution in [0, 0.1) is 5.82 Å². The summed E-state index contributed by atoms with van der Waals surface area (Å²) >= 11 is 2.45. The number of carbonyl (C=O) groups excluding carboxylic acids is 1. The molecule has 6 nitrogen and oxygen atoms in total. The maximum absolute atomic E-state index is 13.6. The van der Waals surface area contributed by atoms with Crippen molar-refractivity contribution in [1.29, 1.82) is 0 Å². The fourth-order valence-corrected chi connectivity index (χ4v) is 5.07. The van der Waals surface area contributed by atoms with Gasteiger partial charge in [0.05, 0.1) is 17.6 Å². The second-order valence-corrected chi connectivity index (χ2v) is 8.81. The molecule has 1 saturated heterocycles. The van der Waals surface area contributed by atoms with Gasteiger partial charge in [0.2, 0.25) is 5.91 Å². The SMILES string of the molecule is NC(c1ccc(F)c(C(F)(F)F)c1)[C@H]1CCC(=O)N1CCSc1nc(C(=O)O)cs1. The van der Waals surface area contributed by atoms with Crippen LogP contribution in [0.5, 0.6) is 0 Å². The van der Waals surface area contributed by atoms with Crippen LogP contribution in [-0.2, 0) is 11.0 Å². The summed E-state index contributed by atoms with van der Waals surface area (Å²) in [6, 6.07) is 1.21. The third kappa shape index (κ3) is 4.93. The summed E-state index contributed by atoms with van der Waals surface area (Å²) in [5.41, 5.74) is 4.82. The highest BCUT2D eigenvalue weighted by Gasteiger charge is 2.38. The lowest BCUT2D eigenvalue weighted by Gasteiger charge is -2.30. The van der Waals surface area contributed by atoms with Crippen LogP contribution in [0.15, 0.2) is 27.9 Å². The van der Waals surface area contributed by atoms with Gasteiger partial charge in [-0.2, -0.15) is 13.2 Å². The fraction of sp³-hybridized carbons (Fsp3) is 0.389. The maximum Gasteiger partial charge on any atom is 0.419 e. The van der Waals surface area contributed by atoms with Gasteiger partial charge in [0, 0.05) is 24.1 Å². The van der Waals surface area contributed by atoms with E-state index < -0.39 is 35.6 Å². The van der Waals surface area contributed by atoms with Gasteiger partial charge >= 0.3 is 12.1 Å². The number of thiazole rings is 1. The van der Waals surface area contributed by atoms with Crippen molar-refractivity contribution in [2.24, 2.45) is 5.73 Å². The molecule has 1 fully saturated rings. The van der Waals surface area contributed by atoms with Crippen molar-refractivity contribution >= 4 is 35.0 Å². The fourth-order valence-electron chi connectivity index (χ4n) is 3.26. The minimum Gasteiger partial charge on any atom is -0.476 e. The van der Waals surface area contributed by atoms with Crippen molar-refractivity contribution in [3.05, 3.63) is 46.2 Å². The first-order chi connectivity index (χ1) is 14.1. The Kier molecular flexibility index (Phi) is 6.68. The lowest BCUT2D eigenvalue weighted by Crippen LogP contribution is -2.41. The van der Waals surface area contributed by atoms with Gasteiger partial charge in [-0.3, -0.25) is 4.79 Å². The molecule has 1 unspecified atom stereocenters. The summed E-state index contributed by atoms with van der Waals surface area (Å²) < 4.78 is 53.1. The number of carboxylic acid groups (broad SMARTS) is 1. The molecule has 1 aliphatic rings. The zero-order valence-electron chi connectivity index (χ0n) is 15.4. The van der Waals surface area contributed by atoms with Crippen molar-refractivity contribution in [1.82, 2.24) is 9.88 Å². The summed E-state index contributed by atoms with van der Waals surface area (Å²) in [6.07, 6.45) is -4.25. The lowest BCUT2D eigenvalue weighted by atomic mass is 9.96. The number of carbonyl (C=O) groups is 2. The predicted molar refractivity (Wildman–Crippen MR) is 103 cm³/mol. The van der Waals surface area contributed by atoms with Gasteiger partial charge in [0.25, 0.3) is 0 Å². The summed E-state index contributed by atoms with van der Waals surface area (Å²) in [7, 11) is 0. The van der Waals surface area contributed by atoms with E-state index in [2.05, 4.69) is 4.98 Å². The van der Waals surface area contributed by atoms with E-state index in [4.69, 9.17) is 10.8 Å². The number of nitrogens with two attached hydrogens (primary N) is 1. The highest BCUT2D eigenvalue weighted by molar-refractivity contribution is 8.01. The molecular formula is C18H17F4N3O3S2. The predicted octanol–water partition coefficient (Wildman–Crippen LogP) is 3.78. The first-order valence-electron chi connectivity index (χ1n) is 8.81. The number of carboxylic acids is 1. The minimum atomic E-state index is -4.84. The van der Waals surface area contributed by atoms with Crippen LogP contribution in [0.2, 0.25) is 0 Å². The second-order valence-electron chi connectivity index (χ2n) is 6.61. The van der Waals surface area contributed by atoms with Gasteiger partial charge in [0.15, 0.2) is 10.0 Å². The Labute approximate surface area is 177 Å². The van der Waals surface area contributed by atoms with E-state index in [0.29, 0.717) is 22.6 Å². The molecule has 1 amide bonds. The number of halogens is 4. The van der Waals surface area contributed by atoms with E-state index >= 15 is 0 Å². The molecule has 0 aliphatic carbocycles. The normalized spacial score (nSPS) is 18.1. The summed E-state index contributed by atoms with van der Waals surface area (Å²) in [6.45, 7) is 0.275. The van der Waals surface area contributed by atoms with E-state index in [1.165, 1.54) is 39.4 Å². The quantitative estimate of drug-likeness (QED) is 0.479. The number of thioether (sulfide) groups is 1. The standard InChI is InChI=1S/C18H17F4N3O3S2/c19-11-2-1-9(7-10(11)18(20,21)22)15(23)13-3-4-14(26)25(13)5-6-29-17-24-12(8-30-17)16(27)28/h1-2,7-8,13,15H,3-6,23H2,(H,27,28)/t13-,15?/m1/s1. The molecule has 3 N–H and O–H groups in total. The number of hydrogen-bond donors (Lipinski definition) is 2. The Morgan fingerprint density at radius 2 is 2.17 bits per heavy atom. The Bertz CT molecular complexity index is 951. The molecule has 0 spiro atoms. The molecule has 30 heavy (non-hydrogen) atoms. The maximum atomic E-state index is 13.6. The minimum absolute atomic E-state index is 0.0589. The number of hydrogen-bond acceptors (Lipinski definition) is 6. The Balaban J connectivity index is 1.68. The molecule has 0 radical (unpaired) electrons. The molecule has 162 valence electrons. The zero-order chi connectivity index (χ0) is 22.1. The van der Waals surface area contributed by atoms with Crippen LogP contribution in [0.1, 0.15) is 40.5 Å². The van der Waals surface area contributed by atoms with E-state index in [1.54, 1.807) is 0 Å². The second kappa shape index (κ2) is 8.90. The summed E-state index contributed by atoms with van der Waals surface area (Å²) in [4.78, 5) is 28.6. The number of rotatable bonds is 7. The van der Waals surface area contributed by atoms with E-state index in [0.717, 1.165) is 6.07 Å². The van der Waals surface area contributed by atoms with E-state index in [9.17, 15) is 27.2 Å². The van der Waals surface area contributed by atoms with Crippen LogP contribution in [0.25, 0.3) is 0 Å². The van der Waals surface area contributed by atoms with Crippen molar-refractivity contribution in [3.8, 4) is 0 Å². The lowest BCUT2D eigenvalue weighted by molar-refractivity contribution is -0.140.